The van der Waals surface area contributed by atoms with Crippen molar-refractivity contribution in [2.75, 3.05) is 11.9 Å². The van der Waals surface area contributed by atoms with Gasteiger partial charge in [-0.15, -0.1) is 0 Å². The van der Waals surface area contributed by atoms with Gasteiger partial charge in [-0.3, -0.25) is 0 Å². The molecule has 0 saturated heterocycles. The Bertz CT molecular complexity index is 480. The van der Waals surface area contributed by atoms with Gasteiger partial charge >= 0.3 is 0 Å². The van der Waals surface area contributed by atoms with Crippen LogP contribution in [0.25, 0.3) is 0 Å². The van der Waals surface area contributed by atoms with Crippen molar-refractivity contribution < 1.29 is 13.5 Å². The SMILES string of the molecule is NS(=O)(=O)c1ccc(NCC(O)C2CC2)cc1. The molecule has 1 aliphatic carbocycles. The van der Waals surface area contributed by atoms with Gasteiger partial charge in [0.1, 0.15) is 0 Å². The zero-order valence-electron chi connectivity index (χ0n) is 9.33. The highest BCUT2D eigenvalue weighted by Gasteiger charge is 2.29. The lowest BCUT2D eigenvalue weighted by Crippen LogP contribution is -2.21. The number of rotatable bonds is 5. The number of aliphatic hydroxyl groups is 1. The lowest BCUT2D eigenvalue weighted by Gasteiger charge is -2.11. The van der Waals surface area contributed by atoms with Crippen LogP contribution in [0.4, 0.5) is 5.69 Å². The van der Waals surface area contributed by atoms with Crippen molar-refractivity contribution in [2.24, 2.45) is 11.1 Å². The van der Waals surface area contributed by atoms with Crippen molar-refractivity contribution in [2.45, 2.75) is 23.8 Å². The summed E-state index contributed by atoms with van der Waals surface area (Å²) in [5, 5.41) is 17.7. The average molecular weight is 256 g/mol. The van der Waals surface area contributed by atoms with Crippen molar-refractivity contribution in [1.29, 1.82) is 0 Å². The standard InChI is InChI=1S/C11H16N2O3S/c12-17(15,16)10-5-3-9(4-6-10)13-7-11(14)8-1-2-8/h3-6,8,11,13-14H,1-2,7H2,(H2,12,15,16). The maximum Gasteiger partial charge on any atom is 0.238 e. The molecule has 1 aliphatic rings. The van der Waals surface area contributed by atoms with E-state index in [1.807, 2.05) is 0 Å². The van der Waals surface area contributed by atoms with Crippen LogP contribution in [0.3, 0.4) is 0 Å². The molecular weight excluding hydrogens is 240 g/mol. The molecule has 1 unspecified atom stereocenters. The van der Waals surface area contributed by atoms with Crippen LogP contribution in [0.15, 0.2) is 29.2 Å². The molecule has 1 atom stereocenters. The summed E-state index contributed by atoms with van der Waals surface area (Å²) in [6, 6.07) is 6.17. The molecule has 94 valence electrons. The first kappa shape index (κ1) is 12.3. The van der Waals surface area contributed by atoms with Crippen LogP contribution in [0.1, 0.15) is 12.8 Å². The molecule has 1 fully saturated rings. The van der Waals surface area contributed by atoms with Gasteiger partial charge in [0.15, 0.2) is 0 Å². The van der Waals surface area contributed by atoms with Gasteiger partial charge < -0.3 is 10.4 Å². The summed E-state index contributed by atoms with van der Waals surface area (Å²) in [4.78, 5) is 0.0887. The molecular formula is C11H16N2O3S. The molecule has 6 heteroatoms. The molecule has 0 amide bonds. The van der Waals surface area contributed by atoms with Crippen LogP contribution in [0.2, 0.25) is 0 Å². The predicted molar refractivity (Wildman–Crippen MR) is 65.0 cm³/mol. The number of hydrogen-bond donors (Lipinski definition) is 3. The van der Waals surface area contributed by atoms with Crippen LogP contribution in [0.5, 0.6) is 0 Å². The highest BCUT2D eigenvalue weighted by Crippen LogP contribution is 2.32. The van der Waals surface area contributed by atoms with E-state index >= 15 is 0 Å². The van der Waals surface area contributed by atoms with Crippen LogP contribution >= 0.6 is 0 Å². The van der Waals surface area contributed by atoms with Gasteiger partial charge in [-0.25, -0.2) is 13.6 Å². The highest BCUT2D eigenvalue weighted by atomic mass is 32.2. The fraction of sp³-hybridized carbons (Fsp3) is 0.455. The first-order chi connectivity index (χ1) is 7.97. The number of nitrogens with one attached hydrogen (secondary N) is 1. The normalized spacial score (nSPS) is 17.8. The molecule has 0 aromatic heterocycles. The maximum atomic E-state index is 11.0. The molecule has 2 rings (SSSR count). The van der Waals surface area contributed by atoms with E-state index in [1.54, 1.807) is 12.1 Å². The number of aliphatic hydroxyl groups excluding tert-OH is 1. The molecule has 0 aliphatic heterocycles. The zero-order valence-corrected chi connectivity index (χ0v) is 10.2. The Labute approximate surface area is 101 Å². The van der Waals surface area contributed by atoms with E-state index in [9.17, 15) is 13.5 Å². The van der Waals surface area contributed by atoms with E-state index in [0.29, 0.717) is 12.5 Å². The predicted octanol–water partition coefficient (Wildman–Crippen LogP) is 0.517. The van der Waals surface area contributed by atoms with E-state index in [0.717, 1.165) is 18.5 Å². The number of anilines is 1. The number of primary sulfonamides is 1. The van der Waals surface area contributed by atoms with Crippen LogP contribution in [-0.4, -0.2) is 26.2 Å². The Kier molecular flexibility index (Phi) is 3.37. The van der Waals surface area contributed by atoms with Gasteiger partial charge in [-0.1, -0.05) is 0 Å². The Morgan fingerprint density at radius 3 is 2.41 bits per heavy atom. The van der Waals surface area contributed by atoms with E-state index in [-0.39, 0.29) is 11.0 Å². The maximum absolute atomic E-state index is 11.0. The molecule has 0 spiro atoms. The topological polar surface area (TPSA) is 92.4 Å². The van der Waals surface area contributed by atoms with Crippen LogP contribution < -0.4 is 10.5 Å². The molecule has 0 heterocycles. The van der Waals surface area contributed by atoms with Gasteiger partial charge in [0.05, 0.1) is 11.0 Å². The summed E-state index contributed by atoms with van der Waals surface area (Å²) in [7, 11) is -3.63. The minimum Gasteiger partial charge on any atom is -0.391 e. The fourth-order valence-corrected chi connectivity index (χ4v) is 2.15. The van der Waals surface area contributed by atoms with E-state index in [1.165, 1.54) is 12.1 Å². The van der Waals surface area contributed by atoms with Gasteiger partial charge in [0.25, 0.3) is 0 Å². The largest absolute Gasteiger partial charge is 0.391 e. The Morgan fingerprint density at radius 1 is 1.35 bits per heavy atom. The lowest BCUT2D eigenvalue weighted by molar-refractivity contribution is 0.164. The highest BCUT2D eigenvalue weighted by molar-refractivity contribution is 7.89. The van der Waals surface area contributed by atoms with Gasteiger partial charge in [-0.05, 0) is 43.0 Å². The number of sulfonamides is 1. The van der Waals surface area contributed by atoms with Crippen LogP contribution in [0, 0.1) is 5.92 Å². The molecule has 4 N–H and O–H groups in total. The summed E-state index contributed by atoms with van der Waals surface area (Å²) in [6.07, 6.45) is 1.85. The Balaban J connectivity index is 1.93. The van der Waals surface area contributed by atoms with Crippen molar-refractivity contribution >= 4 is 15.7 Å². The second-order valence-electron chi connectivity index (χ2n) is 4.36. The summed E-state index contributed by atoms with van der Waals surface area (Å²) in [5.41, 5.74) is 0.775. The molecule has 5 nitrogen and oxygen atoms in total. The number of nitrogens with two attached hydrogens (primary N) is 1. The minimum absolute atomic E-state index is 0.0887. The van der Waals surface area contributed by atoms with Crippen LogP contribution in [-0.2, 0) is 10.0 Å². The first-order valence-electron chi connectivity index (χ1n) is 5.51. The fourth-order valence-electron chi connectivity index (χ4n) is 1.63. The minimum atomic E-state index is -3.63. The second-order valence-corrected chi connectivity index (χ2v) is 5.92. The molecule has 0 radical (unpaired) electrons. The third-order valence-corrected chi connectivity index (χ3v) is 3.79. The smallest absolute Gasteiger partial charge is 0.238 e. The summed E-state index contributed by atoms with van der Waals surface area (Å²) in [6.45, 7) is 0.486. The third-order valence-electron chi connectivity index (χ3n) is 2.86. The van der Waals surface area contributed by atoms with Crippen molar-refractivity contribution in [3.05, 3.63) is 24.3 Å². The lowest BCUT2D eigenvalue weighted by atomic mass is 10.2. The van der Waals surface area contributed by atoms with E-state index in [4.69, 9.17) is 5.14 Å². The Morgan fingerprint density at radius 2 is 1.94 bits per heavy atom. The van der Waals surface area contributed by atoms with Gasteiger partial charge in [0.2, 0.25) is 10.0 Å². The average Bonchev–Trinajstić information content (AvgIpc) is 3.09. The third kappa shape index (κ3) is 3.42. The Hall–Kier alpha value is -1.11. The molecule has 1 aromatic rings. The zero-order chi connectivity index (χ0) is 12.5. The number of benzene rings is 1. The first-order valence-corrected chi connectivity index (χ1v) is 7.06. The monoisotopic (exact) mass is 256 g/mol. The molecule has 1 saturated carbocycles. The summed E-state index contributed by atoms with van der Waals surface area (Å²) >= 11 is 0. The molecule has 17 heavy (non-hydrogen) atoms. The van der Waals surface area contributed by atoms with E-state index in [2.05, 4.69) is 5.32 Å². The quantitative estimate of drug-likeness (QED) is 0.716. The second kappa shape index (κ2) is 4.64. The van der Waals surface area contributed by atoms with E-state index < -0.39 is 10.0 Å². The molecule has 1 aromatic carbocycles. The number of hydrogen-bond acceptors (Lipinski definition) is 4. The van der Waals surface area contributed by atoms with Crippen molar-refractivity contribution in [3.8, 4) is 0 Å². The summed E-state index contributed by atoms with van der Waals surface area (Å²) < 4.78 is 22.1. The van der Waals surface area contributed by atoms with Gasteiger partial charge in [-0.2, -0.15) is 0 Å². The van der Waals surface area contributed by atoms with Crippen molar-refractivity contribution in [3.63, 3.8) is 0 Å². The van der Waals surface area contributed by atoms with Gasteiger partial charge in [0, 0.05) is 12.2 Å². The summed E-state index contributed by atoms with van der Waals surface area (Å²) in [5.74, 6) is 0.422. The van der Waals surface area contributed by atoms with Crippen molar-refractivity contribution in [1.82, 2.24) is 0 Å². The molecule has 0 bridgehead atoms.